The van der Waals surface area contributed by atoms with Gasteiger partial charge in [-0.25, -0.2) is 4.98 Å². The minimum Gasteiger partial charge on any atom is -0.379 e. The van der Waals surface area contributed by atoms with Gasteiger partial charge in [-0.3, -0.25) is 9.69 Å². The lowest BCUT2D eigenvalue weighted by molar-refractivity contribution is -0.118. The molecule has 0 radical (unpaired) electrons. The quantitative estimate of drug-likeness (QED) is 0.923. The average Bonchev–Trinajstić information content (AvgIpc) is 2.59. The molecule has 0 spiro atoms. The van der Waals surface area contributed by atoms with E-state index in [9.17, 15) is 4.79 Å². The lowest BCUT2D eigenvalue weighted by Gasteiger charge is -2.25. The van der Waals surface area contributed by atoms with Crippen molar-refractivity contribution in [1.29, 1.82) is 0 Å². The summed E-state index contributed by atoms with van der Waals surface area (Å²) in [6.45, 7) is 13.8. The van der Waals surface area contributed by atoms with Crippen molar-refractivity contribution in [3.05, 3.63) is 23.9 Å². The third kappa shape index (κ3) is 10.0. The Hall–Kier alpha value is -1.46. The number of carbonyl (C=O) groups excluding carboxylic acids is 1. The molecule has 1 aliphatic rings. The lowest BCUT2D eigenvalue weighted by Crippen LogP contribution is -2.41. The molecule has 0 aliphatic carbocycles. The highest BCUT2D eigenvalue weighted by Gasteiger charge is 2.14. The van der Waals surface area contributed by atoms with Crippen LogP contribution in [0.15, 0.2) is 18.3 Å². The molecule has 1 saturated heterocycles. The SMILES string of the molecule is CC.CCC.CCc1ccc(NC(=O)CN2CCOCC2)nc1. The normalized spacial score (nSPS) is 14.0. The predicted octanol–water partition coefficient (Wildman–Crippen LogP) is 3.36. The number of hydrogen-bond acceptors (Lipinski definition) is 4. The number of morpholine rings is 1. The van der Waals surface area contributed by atoms with Gasteiger partial charge in [-0.15, -0.1) is 0 Å². The minimum atomic E-state index is -0.0198. The predicted molar refractivity (Wildman–Crippen MR) is 96.8 cm³/mol. The fourth-order valence-corrected chi connectivity index (χ4v) is 1.85. The number of anilines is 1. The van der Waals surface area contributed by atoms with Gasteiger partial charge in [-0.2, -0.15) is 0 Å². The van der Waals surface area contributed by atoms with Crippen molar-refractivity contribution in [1.82, 2.24) is 9.88 Å². The van der Waals surface area contributed by atoms with Crippen LogP contribution in [0.1, 0.15) is 46.6 Å². The van der Waals surface area contributed by atoms with Crippen molar-refractivity contribution in [2.45, 2.75) is 47.5 Å². The maximum absolute atomic E-state index is 11.8. The molecule has 1 N–H and O–H groups in total. The van der Waals surface area contributed by atoms with Gasteiger partial charge >= 0.3 is 0 Å². The van der Waals surface area contributed by atoms with E-state index < -0.39 is 0 Å². The van der Waals surface area contributed by atoms with Crippen molar-refractivity contribution in [2.75, 3.05) is 38.2 Å². The average molecular weight is 323 g/mol. The number of carbonyl (C=O) groups is 1. The molecule has 0 bridgehead atoms. The third-order valence-electron chi connectivity index (χ3n) is 2.97. The molecule has 1 aromatic rings. The van der Waals surface area contributed by atoms with Gasteiger partial charge in [0.15, 0.2) is 0 Å². The Morgan fingerprint density at radius 2 is 1.83 bits per heavy atom. The molecule has 0 saturated carbocycles. The number of rotatable bonds is 4. The van der Waals surface area contributed by atoms with Gasteiger partial charge in [0.05, 0.1) is 19.8 Å². The summed E-state index contributed by atoms with van der Waals surface area (Å²) < 4.78 is 5.24. The monoisotopic (exact) mass is 323 g/mol. The number of amides is 1. The molecule has 5 nitrogen and oxygen atoms in total. The van der Waals surface area contributed by atoms with Gasteiger partial charge < -0.3 is 10.1 Å². The maximum atomic E-state index is 11.8. The topological polar surface area (TPSA) is 54.5 Å². The van der Waals surface area contributed by atoms with Crippen LogP contribution in [0.2, 0.25) is 0 Å². The molecule has 23 heavy (non-hydrogen) atoms. The highest BCUT2D eigenvalue weighted by molar-refractivity contribution is 5.91. The summed E-state index contributed by atoms with van der Waals surface area (Å²) in [4.78, 5) is 18.1. The molecule has 1 fully saturated rings. The summed E-state index contributed by atoms with van der Waals surface area (Å²) in [7, 11) is 0. The second kappa shape index (κ2) is 14.2. The molecule has 132 valence electrons. The van der Waals surface area contributed by atoms with Gasteiger partial charge in [0, 0.05) is 19.3 Å². The van der Waals surface area contributed by atoms with E-state index in [2.05, 4.69) is 36.0 Å². The van der Waals surface area contributed by atoms with Crippen LogP contribution in [-0.4, -0.2) is 48.6 Å². The molecule has 0 unspecified atom stereocenters. The molecular formula is C18H33N3O2. The Kier molecular flexibility index (Phi) is 13.3. The van der Waals surface area contributed by atoms with Crippen molar-refractivity contribution < 1.29 is 9.53 Å². The first-order valence-electron chi connectivity index (χ1n) is 8.74. The van der Waals surface area contributed by atoms with Crippen molar-refractivity contribution >= 4 is 11.7 Å². The van der Waals surface area contributed by atoms with Gasteiger partial charge in [0.2, 0.25) is 5.91 Å². The van der Waals surface area contributed by atoms with Crippen molar-refractivity contribution in [3.63, 3.8) is 0 Å². The first kappa shape index (κ1) is 21.5. The number of aryl methyl sites for hydroxylation is 1. The largest absolute Gasteiger partial charge is 0.379 e. The summed E-state index contributed by atoms with van der Waals surface area (Å²) in [6, 6.07) is 3.83. The van der Waals surface area contributed by atoms with Crippen LogP contribution in [0.4, 0.5) is 5.82 Å². The number of pyridine rings is 1. The molecule has 5 heteroatoms. The molecule has 1 aliphatic heterocycles. The maximum Gasteiger partial charge on any atom is 0.239 e. The van der Waals surface area contributed by atoms with Crippen LogP contribution >= 0.6 is 0 Å². The smallest absolute Gasteiger partial charge is 0.239 e. The van der Waals surface area contributed by atoms with Crippen LogP contribution in [0.5, 0.6) is 0 Å². The lowest BCUT2D eigenvalue weighted by atomic mass is 10.2. The standard InChI is InChI=1S/C13H19N3O2.C3H8.C2H6/c1-2-11-3-4-12(14-9-11)15-13(17)10-16-5-7-18-8-6-16;1-3-2;1-2/h3-4,9H,2,5-8,10H2,1H3,(H,14,15,17);3H2,1-2H3;1-2H3. The van der Waals surface area contributed by atoms with E-state index in [1.807, 2.05) is 26.0 Å². The molecule has 2 heterocycles. The molecule has 1 amide bonds. The van der Waals surface area contributed by atoms with Crippen LogP contribution in [-0.2, 0) is 16.0 Å². The summed E-state index contributed by atoms with van der Waals surface area (Å²) >= 11 is 0. The van der Waals surface area contributed by atoms with Crippen LogP contribution in [0, 0.1) is 0 Å². The fourth-order valence-electron chi connectivity index (χ4n) is 1.85. The van der Waals surface area contributed by atoms with Gasteiger partial charge in [0.1, 0.15) is 5.82 Å². The summed E-state index contributed by atoms with van der Waals surface area (Å²) in [5, 5.41) is 2.81. The number of aromatic nitrogens is 1. The van der Waals surface area contributed by atoms with Crippen LogP contribution < -0.4 is 5.32 Å². The second-order valence-corrected chi connectivity index (χ2v) is 5.05. The van der Waals surface area contributed by atoms with E-state index in [1.54, 1.807) is 6.20 Å². The first-order chi connectivity index (χ1) is 11.2. The highest BCUT2D eigenvalue weighted by atomic mass is 16.5. The third-order valence-corrected chi connectivity index (χ3v) is 2.97. The Morgan fingerprint density at radius 1 is 1.22 bits per heavy atom. The van der Waals surface area contributed by atoms with E-state index in [-0.39, 0.29) is 5.91 Å². The molecule has 1 aromatic heterocycles. The number of ether oxygens (including phenoxy) is 1. The van der Waals surface area contributed by atoms with E-state index >= 15 is 0 Å². The molecule has 0 atom stereocenters. The van der Waals surface area contributed by atoms with Crippen LogP contribution in [0.25, 0.3) is 0 Å². The Morgan fingerprint density at radius 3 is 2.30 bits per heavy atom. The van der Waals surface area contributed by atoms with E-state index in [4.69, 9.17) is 4.74 Å². The fraction of sp³-hybridized carbons (Fsp3) is 0.667. The van der Waals surface area contributed by atoms with E-state index in [0.717, 1.165) is 19.5 Å². The van der Waals surface area contributed by atoms with Crippen molar-refractivity contribution in [2.24, 2.45) is 0 Å². The number of nitrogens with one attached hydrogen (secondary N) is 1. The second-order valence-electron chi connectivity index (χ2n) is 5.05. The van der Waals surface area contributed by atoms with Gasteiger partial charge in [-0.05, 0) is 18.1 Å². The molecular weight excluding hydrogens is 290 g/mol. The summed E-state index contributed by atoms with van der Waals surface area (Å²) in [5.41, 5.74) is 1.17. The summed E-state index contributed by atoms with van der Waals surface area (Å²) in [5.74, 6) is 0.596. The summed E-state index contributed by atoms with van der Waals surface area (Å²) in [6.07, 6.45) is 4.00. The van der Waals surface area contributed by atoms with E-state index in [1.165, 1.54) is 12.0 Å². The Balaban J connectivity index is 0.000000868. The zero-order chi connectivity index (χ0) is 17.5. The number of hydrogen-bond donors (Lipinski definition) is 1. The minimum absolute atomic E-state index is 0.0198. The van der Waals surface area contributed by atoms with Gasteiger partial charge in [-0.1, -0.05) is 47.1 Å². The highest BCUT2D eigenvalue weighted by Crippen LogP contribution is 2.06. The van der Waals surface area contributed by atoms with E-state index in [0.29, 0.717) is 25.6 Å². The molecule has 0 aromatic carbocycles. The van der Waals surface area contributed by atoms with Gasteiger partial charge in [0.25, 0.3) is 0 Å². The number of nitrogens with zero attached hydrogens (tertiary/aromatic N) is 2. The first-order valence-corrected chi connectivity index (χ1v) is 8.74. The Bertz CT molecular complexity index is 401. The van der Waals surface area contributed by atoms with Crippen molar-refractivity contribution in [3.8, 4) is 0 Å². The Labute approximate surface area is 141 Å². The molecule has 2 rings (SSSR count). The zero-order valence-corrected chi connectivity index (χ0v) is 15.4. The van der Waals surface area contributed by atoms with Crippen LogP contribution in [0.3, 0.4) is 0 Å². The zero-order valence-electron chi connectivity index (χ0n) is 15.4.